The van der Waals surface area contributed by atoms with E-state index in [0.29, 0.717) is 17.9 Å². The minimum absolute atomic E-state index is 0.00892. The van der Waals surface area contributed by atoms with Crippen LogP contribution in [0, 0.1) is 13.8 Å². The summed E-state index contributed by atoms with van der Waals surface area (Å²) in [5.41, 5.74) is 4.51. The second-order valence-electron chi connectivity index (χ2n) is 6.23. The van der Waals surface area contributed by atoms with E-state index >= 15 is 0 Å². The first kappa shape index (κ1) is 15.8. The topological polar surface area (TPSA) is 50.5 Å². The Labute approximate surface area is 149 Å². The molecule has 1 aliphatic heterocycles. The monoisotopic (exact) mass is 350 g/mol. The molecule has 0 atom stereocenters. The minimum Gasteiger partial charge on any atom is -0.334 e. The quantitative estimate of drug-likeness (QED) is 0.708. The van der Waals surface area contributed by atoms with Gasteiger partial charge < -0.3 is 4.90 Å². The van der Waals surface area contributed by atoms with Crippen LogP contribution < -0.4 is 19.8 Å². The highest BCUT2D eigenvalue weighted by molar-refractivity contribution is 7.07. The molecule has 126 valence electrons. The van der Waals surface area contributed by atoms with E-state index < -0.39 is 0 Å². The van der Waals surface area contributed by atoms with Gasteiger partial charge in [0.15, 0.2) is 4.80 Å². The zero-order chi connectivity index (χ0) is 17.4. The Bertz CT molecular complexity index is 1080. The number of hydrogen-bond donors (Lipinski definition) is 0. The van der Waals surface area contributed by atoms with Gasteiger partial charge >= 0.3 is 0 Å². The second kappa shape index (κ2) is 6.29. The molecular weight excluding hydrogens is 332 g/mol. The summed E-state index contributed by atoms with van der Waals surface area (Å²) >= 11 is 1.44. The number of fused-ring (bicyclic) bond motifs is 1. The van der Waals surface area contributed by atoms with Crippen LogP contribution in [0.25, 0.3) is 6.08 Å². The van der Waals surface area contributed by atoms with E-state index in [1.165, 1.54) is 22.5 Å². The van der Waals surface area contributed by atoms with Crippen LogP contribution in [0.5, 0.6) is 0 Å². The number of anilines is 1. The third-order valence-electron chi connectivity index (χ3n) is 4.15. The zero-order valence-electron chi connectivity index (χ0n) is 14.1. The van der Waals surface area contributed by atoms with Gasteiger partial charge in [0, 0.05) is 18.1 Å². The number of pyridine rings is 1. The van der Waals surface area contributed by atoms with Gasteiger partial charge in [-0.3, -0.25) is 14.3 Å². The molecule has 0 saturated carbocycles. The van der Waals surface area contributed by atoms with Gasteiger partial charge in [0.2, 0.25) is 0 Å². The first-order valence-corrected chi connectivity index (χ1v) is 8.91. The van der Waals surface area contributed by atoms with Crippen LogP contribution in [0.2, 0.25) is 0 Å². The Morgan fingerprint density at radius 1 is 1.12 bits per heavy atom. The predicted octanol–water partition coefficient (Wildman–Crippen LogP) is 1.81. The molecule has 0 N–H and O–H groups in total. The van der Waals surface area contributed by atoms with Gasteiger partial charge in [-0.2, -0.15) is 0 Å². The van der Waals surface area contributed by atoms with E-state index in [2.05, 4.69) is 46.9 Å². The van der Waals surface area contributed by atoms with Gasteiger partial charge in [-0.05, 0) is 60.9 Å². The Balaban J connectivity index is 1.73. The number of aromatic nitrogens is 2. The summed E-state index contributed by atoms with van der Waals surface area (Å²) in [4.78, 5) is 24.3. The third-order valence-corrected chi connectivity index (χ3v) is 5.20. The number of aryl methyl sites for hydroxylation is 2. The molecule has 0 aliphatic carbocycles. The Hall–Kier alpha value is -2.73. The van der Waals surface area contributed by atoms with E-state index in [1.54, 1.807) is 17.0 Å². The Morgan fingerprint density at radius 2 is 1.84 bits per heavy atom. The molecule has 0 fully saturated rings. The first-order valence-electron chi connectivity index (χ1n) is 8.09. The van der Waals surface area contributed by atoms with Gasteiger partial charge in [-0.25, -0.2) is 4.99 Å². The fourth-order valence-electron chi connectivity index (χ4n) is 3.02. The van der Waals surface area contributed by atoms with Gasteiger partial charge in [0.1, 0.15) is 13.3 Å². The number of nitrogens with zero attached hydrogens (tertiary/aromatic N) is 4. The van der Waals surface area contributed by atoms with Crippen molar-refractivity contribution in [3.8, 4) is 0 Å². The molecule has 4 rings (SSSR count). The maximum atomic E-state index is 12.8. The summed E-state index contributed by atoms with van der Waals surface area (Å²) in [6, 6.07) is 10.2. The lowest BCUT2D eigenvalue weighted by atomic mass is 10.1. The highest BCUT2D eigenvalue weighted by Gasteiger charge is 2.16. The highest BCUT2D eigenvalue weighted by Crippen LogP contribution is 2.19. The lowest BCUT2D eigenvalue weighted by Crippen LogP contribution is -2.42. The Morgan fingerprint density at radius 3 is 2.56 bits per heavy atom. The summed E-state index contributed by atoms with van der Waals surface area (Å²) in [6.07, 6.45) is 5.35. The lowest BCUT2D eigenvalue weighted by Gasteiger charge is -2.26. The molecule has 1 aliphatic rings. The van der Waals surface area contributed by atoms with Gasteiger partial charge in [-0.15, -0.1) is 0 Å². The van der Waals surface area contributed by atoms with E-state index in [9.17, 15) is 4.79 Å². The number of rotatable bonds is 2. The predicted molar refractivity (Wildman–Crippen MR) is 100 cm³/mol. The first-order chi connectivity index (χ1) is 12.1. The molecule has 0 spiro atoms. The molecule has 0 saturated heterocycles. The molecule has 5 nitrogen and oxygen atoms in total. The minimum atomic E-state index is 0.00892. The van der Waals surface area contributed by atoms with Crippen molar-refractivity contribution >= 4 is 23.1 Å². The average Bonchev–Trinajstić information content (AvgIpc) is 2.90. The maximum absolute atomic E-state index is 12.8. The molecule has 1 aromatic carbocycles. The van der Waals surface area contributed by atoms with Crippen LogP contribution >= 0.6 is 11.3 Å². The molecule has 0 bridgehead atoms. The molecule has 0 radical (unpaired) electrons. The molecule has 2 aromatic heterocycles. The van der Waals surface area contributed by atoms with Crippen molar-refractivity contribution in [1.82, 2.24) is 9.55 Å². The van der Waals surface area contributed by atoms with Crippen LogP contribution in [0.15, 0.2) is 52.5 Å². The summed E-state index contributed by atoms with van der Waals surface area (Å²) < 4.78 is 2.45. The molecule has 25 heavy (non-hydrogen) atoms. The number of hydrogen-bond acceptors (Lipinski definition) is 5. The molecule has 0 unspecified atom stereocenters. The standard InChI is InChI=1S/C19H18N4OS/c1-13-7-14(2)9-16(8-13)22-11-21-19-23(12-22)18(24)17(25-19)10-15-3-5-20-6-4-15/h3-10H,11-12H2,1-2H3. The fourth-order valence-corrected chi connectivity index (χ4v) is 3.98. The zero-order valence-corrected chi connectivity index (χ0v) is 15.0. The van der Waals surface area contributed by atoms with Crippen LogP contribution in [0.3, 0.4) is 0 Å². The van der Waals surface area contributed by atoms with Crippen LogP contribution in [0.4, 0.5) is 5.69 Å². The molecular formula is C19H18N4OS. The van der Waals surface area contributed by atoms with Gasteiger partial charge in [-0.1, -0.05) is 17.4 Å². The van der Waals surface area contributed by atoms with Crippen molar-refractivity contribution in [2.45, 2.75) is 20.5 Å². The molecule has 0 amide bonds. The van der Waals surface area contributed by atoms with E-state index in [1.807, 2.05) is 18.2 Å². The van der Waals surface area contributed by atoms with Crippen LogP contribution in [-0.2, 0) is 6.67 Å². The van der Waals surface area contributed by atoms with Crippen molar-refractivity contribution in [2.24, 2.45) is 4.99 Å². The highest BCUT2D eigenvalue weighted by atomic mass is 32.1. The average molecular weight is 350 g/mol. The second-order valence-corrected chi connectivity index (χ2v) is 7.24. The van der Waals surface area contributed by atoms with Gasteiger partial charge in [0.25, 0.3) is 5.56 Å². The summed E-state index contributed by atoms with van der Waals surface area (Å²) in [5.74, 6) is 0. The van der Waals surface area contributed by atoms with Crippen molar-refractivity contribution in [1.29, 1.82) is 0 Å². The normalized spacial score (nSPS) is 14.3. The molecule has 6 heteroatoms. The third kappa shape index (κ3) is 3.13. The number of thiazole rings is 1. The van der Waals surface area contributed by atoms with Crippen molar-refractivity contribution in [2.75, 3.05) is 11.6 Å². The largest absolute Gasteiger partial charge is 0.334 e. The number of benzene rings is 1. The molecule has 3 aromatic rings. The van der Waals surface area contributed by atoms with Crippen molar-refractivity contribution < 1.29 is 0 Å². The van der Waals surface area contributed by atoms with Gasteiger partial charge in [0.05, 0.1) is 4.53 Å². The lowest BCUT2D eigenvalue weighted by molar-refractivity contribution is 0.569. The summed E-state index contributed by atoms with van der Waals surface area (Å²) in [5, 5.41) is 0. The molecule has 3 heterocycles. The smallest absolute Gasteiger partial charge is 0.271 e. The van der Waals surface area contributed by atoms with Crippen molar-refractivity contribution in [3.05, 3.63) is 79.1 Å². The SMILES string of the molecule is Cc1cc(C)cc(N2CN=c3sc(=Cc4ccncc4)c(=O)n3C2)c1. The fraction of sp³-hybridized carbons (Fsp3) is 0.211. The van der Waals surface area contributed by atoms with Crippen LogP contribution in [-0.4, -0.2) is 16.2 Å². The van der Waals surface area contributed by atoms with E-state index in [-0.39, 0.29) is 5.56 Å². The maximum Gasteiger partial charge on any atom is 0.271 e. The van der Waals surface area contributed by atoms with Crippen molar-refractivity contribution in [3.63, 3.8) is 0 Å². The summed E-state index contributed by atoms with van der Waals surface area (Å²) in [7, 11) is 0. The Kier molecular flexibility index (Phi) is 3.97. The summed E-state index contributed by atoms with van der Waals surface area (Å²) in [6.45, 7) is 5.27. The van der Waals surface area contributed by atoms with E-state index in [0.717, 1.165) is 16.1 Å². The van der Waals surface area contributed by atoms with Crippen LogP contribution in [0.1, 0.15) is 16.7 Å². The van der Waals surface area contributed by atoms with E-state index in [4.69, 9.17) is 0 Å².